The normalized spacial score (nSPS) is 13.1. The lowest BCUT2D eigenvalue weighted by atomic mass is 10.2. The smallest absolute Gasteiger partial charge is 0.134 e. The first-order valence-corrected chi connectivity index (χ1v) is 5.98. The van der Waals surface area contributed by atoms with Crippen molar-refractivity contribution in [1.82, 2.24) is 9.59 Å². The van der Waals surface area contributed by atoms with Crippen LogP contribution >= 0.6 is 38.8 Å². The molecule has 0 bridgehead atoms. The van der Waals surface area contributed by atoms with Crippen LogP contribution in [0.4, 0.5) is 0 Å². The summed E-state index contributed by atoms with van der Waals surface area (Å²) >= 11 is 6.09. The summed E-state index contributed by atoms with van der Waals surface area (Å²) in [7, 11) is 0. The maximum atomic E-state index is 9.84. The minimum Gasteiger partial charge on any atom is -0.381 e. The molecule has 0 saturated carbocycles. The van der Waals surface area contributed by atoms with Gasteiger partial charge in [-0.2, -0.15) is 0 Å². The summed E-state index contributed by atoms with van der Waals surface area (Å²) < 4.78 is 4.62. The minimum atomic E-state index is -0.659. The van der Waals surface area contributed by atoms with Gasteiger partial charge in [0.2, 0.25) is 0 Å². The number of aromatic nitrogens is 2. The number of rotatable bonds is 2. The first kappa shape index (κ1) is 9.26. The molecule has 0 radical (unpaired) electrons. The first-order chi connectivity index (χ1) is 6.29. The molecule has 0 spiro atoms. The van der Waals surface area contributed by atoms with E-state index in [1.54, 1.807) is 5.38 Å². The van der Waals surface area contributed by atoms with E-state index in [-0.39, 0.29) is 0 Å². The number of hydrogen-bond acceptors (Lipinski definition) is 5. The third kappa shape index (κ3) is 1.80. The summed E-state index contributed by atoms with van der Waals surface area (Å²) in [6.07, 6.45) is -0.659. The highest BCUT2D eigenvalue weighted by Gasteiger charge is 2.16. The van der Waals surface area contributed by atoms with Crippen LogP contribution < -0.4 is 0 Å². The minimum absolute atomic E-state index is 0.605. The Morgan fingerprint density at radius 3 is 2.92 bits per heavy atom. The van der Waals surface area contributed by atoms with Gasteiger partial charge >= 0.3 is 0 Å². The fourth-order valence-electron chi connectivity index (χ4n) is 0.926. The molecule has 0 aliphatic rings. The SMILES string of the molecule is OC(c1csnn1)c1sccc1Br. The van der Waals surface area contributed by atoms with Gasteiger partial charge in [0.25, 0.3) is 0 Å². The van der Waals surface area contributed by atoms with E-state index in [0.29, 0.717) is 5.69 Å². The fraction of sp³-hybridized carbons (Fsp3) is 0.143. The van der Waals surface area contributed by atoms with E-state index in [9.17, 15) is 5.11 Å². The second-order valence-corrected chi connectivity index (χ2v) is 4.78. The quantitative estimate of drug-likeness (QED) is 0.917. The lowest BCUT2D eigenvalue weighted by Gasteiger charge is -2.04. The predicted octanol–water partition coefficient (Wildman–Crippen LogP) is 2.44. The van der Waals surface area contributed by atoms with Crippen LogP contribution in [0, 0.1) is 0 Å². The molecule has 0 saturated heterocycles. The van der Waals surface area contributed by atoms with Crippen molar-refractivity contribution in [2.75, 3.05) is 0 Å². The number of aliphatic hydroxyl groups is 1. The van der Waals surface area contributed by atoms with Gasteiger partial charge in [-0.05, 0) is 38.9 Å². The Morgan fingerprint density at radius 2 is 2.38 bits per heavy atom. The Hall–Kier alpha value is -0.300. The van der Waals surface area contributed by atoms with E-state index in [0.717, 1.165) is 9.35 Å². The number of thiophene rings is 1. The zero-order valence-corrected chi connectivity index (χ0v) is 9.56. The van der Waals surface area contributed by atoms with Crippen LogP contribution in [-0.4, -0.2) is 14.7 Å². The molecule has 0 aromatic carbocycles. The summed E-state index contributed by atoms with van der Waals surface area (Å²) in [6.45, 7) is 0. The van der Waals surface area contributed by atoms with E-state index in [4.69, 9.17) is 0 Å². The molecule has 2 aromatic heterocycles. The van der Waals surface area contributed by atoms with Crippen molar-refractivity contribution in [3.8, 4) is 0 Å². The Morgan fingerprint density at radius 1 is 1.54 bits per heavy atom. The van der Waals surface area contributed by atoms with Crippen LogP contribution in [0.1, 0.15) is 16.7 Å². The lowest BCUT2D eigenvalue weighted by molar-refractivity contribution is 0.218. The average molecular weight is 277 g/mol. The molecule has 0 amide bonds. The number of hydrogen-bond donors (Lipinski definition) is 1. The Kier molecular flexibility index (Phi) is 2.73. The second-order valence-electron chi connectivity index (χ2n) is 2.37. The molecule has 13 heavy (non-hydrogen) atoms. The van der Waals surface area contributed by atoms with Crippen LogP contribution in [0.3, 0.4) is 0 Å². The van der Waals surface area contributed by atoms with Crippen molar-refractivity contribution in [1.29, 1.82) is 0 Å². The number of halogens is 1. The van der Waals surface area contributed by atoms with Gasteiger partial charge in [0.15, 0.2) is 0 Å². The van der Waals surface area contributed by atoms with Gasteiger partial charge in [-0.3, -0.25) is 0 Å². The second kappa shape index (κ2) is 3.83. The molecule has 2 aromatic rings. The number of aliphatic hydroxyl groups excluding tert-OH is 1. The van der Waals surface area contributed by atoms with Gasteiger partial charge in [0, 0.05) is 9.85 Å². The molecule has 1 N–H and O–H groups in total. The highest BCUT2D eigenvalue weighted by Crippen LogP contribution is 2.32. The molecular weight excluding hydrogens is 272 g/mol. The van der Waals surface area contributed by atoms with E-state index < -0.39 is 6.10 Å². The Balaban J connectivity index is 2.33. The molecule has 0 aliphatic carbocycles. The molecule has 2 heterocycles. The molecule has 6 heteroatoms. The summed E-state index contributed by atoms with van der Waals surface area (Å²) in [5.74, 6) is 0. The van der Waals surface area contributed by atoms with E-state index >= 15 is 0 Å². The monoisotopic (exact) mass is 276 g/mol. The van der Waals surface area contributed by atoms with Crippen molar-refractivity contribution in [3.05, 3.63) is 31.9 Å². The van der Waals surface area contributed by atoms with Crippen molar-refractivity contribution in [3.63, 3.8) is 0 Å². The van der Waals surface area contributed by atoms with Crippen molar-refractivity contribution >= 4 is 38.8 Å². The largest absolute Gasteiger partial charge is 0.381 e. The zero-order chi connectivity index (χ0) is 9.26. The molecule has 68 valence electrons. The molecular formula is C7H5BrN2OS2. The molecule has 0 fully saturated rings. The third-order valence-corrected chi connectivity index (χ3v) is 4.00. The van der Waals surface area contributed by atoms with Crippen LogP contribution in [0.2, 0.25) is 0 Å². The average Bonchev–Trinajstić information content (AvgIpc) is 2.72. The molecule has 1 unspecified atom stereocenters. The van der Waals surface area contributed by atoms with E-state index in [2.05, 4.69) is 25.5 Å². The molecule has 3 nitrogen and oxygen atoms in total. The maximum absolute atomic E-state index is 9.84. The summed E-state index contributed by atoms with van der Waals surface area (Å²) in [4.78, 5) is 0.868. The first-order valence-electron chi connectivity index (χ1n) is 3.47. The lowest BCUT2D eigenvalue weighted by Crippen LogP contribution is -1.97. The summed E-state index contributed by atoms with van der Waals surface area (Å²) in [5, 5.41) is 17.3. The van der Waals surface area contributed by atoms with Gasteiger partial charge in [0.1, 0.15) is 11.8 Å². The van der Waals surface area contributed by atoms with Gasteiger partial charge < -0.3 is 5.11 Å². The standard InChI is InChI=1S/C7H5BrN2OS2/c8-4-1-2-12-7(4)6(11)5-3-13-10-9-5/h1-3,6,11H. The highest BCUT2D eigenvalue weighted by atomic mass is 79.9. The fourth-order valence-corrected chi connectivity index (χ4v) is 2.98. The molecule has 2 rings (SSSR count). The van der Waals surface area contributed by atoms with Crippen molar-refractivity contribution in [2.45, 2.75) is 6.10 Å². The van der Waals surface area contributed by atoms with E-state index in [1.807, 2.05) is 11.4 Å². The highest BCUT2D eigenvalue weighted by molar-refractivity contribution is 9.10. The molecule has 1 atom stereocenters. The van der Waals surface area contributed by atoms with Crippen molar-refractivity contribution < 1.29 is 5.11 Å². The van der Waals surface area contributed by atoms with Crippen LogP contribution in [0.15, 0.2) is 21.3 Å². The van der Waals surface area contributed by atoms with Crippen molar-refractivity contribution in [2.24, 2.45) is 0 Å². The van der Waals surface area contributed by atoms with Gasteiger partial charge in [-0.25, -0.2) is 0 Å². The third-order valence-electron chi connectivity index (χ3n) is 1.55. The van der Waals surface area contributed by atoms with Crippen LogP contribution in [0.5, 0.6) is 0 Å². The Bertz CT molecular complexity index is 387. The predicted molar refractivity (Wildman–Crippen MR) is 56.0 cm³/mol. The summed E-state index contributed by atoms with van der Waals surface area (Å²) in [5.41, 5.74) is 0.605. The number of nitrogens with zero attached hydrogens (tertiary/aromatic N) is 2. The van der Waals surface area contributed by atoms with Gasteiger partial charge in [-0.1, -0.05) is 4.49 Å². The van der Waals surface area contributed by atoms with Crippen LogP contribution in [-0.2, 0) is 0 Å². The van der Waals surface area contributed by atoms with E-state index in [1.165, 1.54) is 22.9 Å². The zero-order valence-electron chi connectivity index (χ0n) is 6.35. The molecule has 0 aliphatic heterocycles. The Labute approximate surface area is 91.3 Å². The maximum Gasteiger partial charge on any atom is 0.134 e. The van der Waals surface area contributed by atoms with Crippen LogP contribution in [0.25, 0.3) is 0 Å². The van der Waals surface area contributed by atoms with Gasteiger partial charge in [-0.15, -0.1) is 16.4 Å². The van der Waals surface area contributed by atoms with Gasteiger partial charge in [0.05, 0.1) is 4.88 Å². The summed E-state index contributed by atoms with van der Waals surface area (Å²) in [6, 6.07) is 1.91. The topological polar surface area (TPSA) is 46.0 Å².